The van der Waals surface area contributed by atoms with Gasteiger partial charge >= 0.3 is 0 Å². The van der Waals surface area contributed by atoms with E-state index in [1.54, 1.807) is 0 Å². The van der Waals surface area contributed by atoms with Crippen LogP contribution in [0.1, 0.15) is 18.4 Å². The maximum Gasteiger partial charge on any atom is 0.0721 e. The first-order valence-electron chi connectivity index (χ1n) is 5.41. The summed E-state index contributed by atoms with van der Waals surface area (Å²) in [5.74, 6) is 0. The smallest absolute Gasteiger partial charge is 0.0721 e. The molecule has 0 spiro atoms. The van der Waals surface area contributed by atoms with E-state index in [2.05, 4.69) is 5.32 Å². The molecule has 0 aliphatic carbocycles. The molecule has 0 unspecified atom stereocenters. The first-order chi connectivity index (χ1) is 7.34. The Hall–Kier alpha value is -0.570. The fourth-order valence-corrected chi connectivity index (χ4v) is 2.02. The second-order valence-electron chi connectivity index (χ2n) is 3.91. The van der Waals surface area contributed by atoms with Crippen molar-refractivity contribution >= 4 is 11.6 Å². The number of rotatable bonds is 3. The first-order valence-corrected chi connectivity index (χ1v) is 5.79. The lowest BCUT2D eigenvalue weighted by Gasteiger charge is -2.23. The van der Waals surface area contributed by atoms with Crippen molar-refractivity contribution in [1.29, 1.82) is 0 Å². The number of ether oxygens (including phenoxy) is 1. The van der Waals surface area contributed by atoms with Crippen molar-refractivity contribution < 1.29 is 4.74 Å². The largest absolute Gasteiger partial charge is 0.372 e. The van der Waals surface area contributed by atoms with Gasteiger partial charge in [-0.05, 0) is 37.1 Å². The number of halogens is 1. The maximum absolute atomic E-state index is 5.90. The molecule has 1 aliphatic rings. The summed E-state index contributed by atoms with van der Waals surface area (Å²) >= 11 is 5.90. The molecule has 1 atom stereocenters. The Morgan fingerprint density at radius 2 is 2.40 bits per heavy atom. The van der Waals surface area contributed by atoms with E-state index in [9.17, 15) is 0 Å². The molecule has 82 valence electrons. The lowest BCUT2D eigenvalue weighted by Crippen LogP contribution is -2.35. The number of hydrogen-bond donors (Lipinski definition) is 1. The molecule has 0 aromatic heterocycles. The average Bonchev–Trinajstić information content (AvgIpc) is 2.28. The second-order valence-corrected chi connectivity index (χ2v) is 4.35. The molecule has 1 aromatic carbocycles. The van der Waals surface area contributed by atoms with Gasteiger partial charge in [-0.15, -0.1) is 0 Å². The van der Waals surface area contributed by atoms with Gasteiger partial charge in [0, 0.05) is 11.6 Å². The Labute approximate surface area is 95.6 Å². The monoisotopic (exact) mass is 225 g/mol. The fourth-order valence-electron chi connectivity index (χ4n) is 1.80. The van der Waals surface area contributed by atoms with E-state index in [1.165, 1.54) is 6.42 Å². The van der Waals surface area contributed by atoms with Gasteiger partial charge in [0.1, 0.15) is 0 Å². The molecule has 1 N–H and O–H groups in total. The van der Waals surface area contributed by atoms with Gasteiger partial charge in [0.05, 0.1) is 12.7 Å². The maximum atomic E-state index is 5.90. The molecule has 1 heterocycles. The third-order valence-corrected chi connectivity index (χ3v) is 2.86. The molecule has 2 nitrogen and oxygen atoms in total. The van der Waals surface area contributed by atoms with Crippen LogP contribution in [0, 0.1) is 0 Å². The Morgan fingerprint density at radius 3 is 3.13 bits per heavy atom. The van der Waals surface area contributed by atoms with E-state index in [0.29, 0.717) is 12.7 Å². The van der Waals surface area contributed by atoms with E-state index in [-0.39, 0.29) is 0 Å². The second kappa shape index (κ2) is 5.50. The Morgan fingerprint density at radius 1 is 1.47 bits per heavy atom. The Balaban J connectivity index is 1.81. The molecule has 1 saturated heterocycles. The van der Waals surface area contributed by atoms with Gasteiger partial charge in [0.15, 0.2) is 0 Å². The molecule has 0 saturated carbocycles. The lowest BCUT2D eigenvalue weighted by atomic mass is 10.1. The summed E-state index contributed by atoms with van der Waals surface area (Å²) in [5, 5.41) is 4.11. The first kappa shape index (κ1) is 10.9. The fraction of sp³-hybridized carbons (Fsp3) is 0.500. The summed E-state index contributed by atoms with van der Waals surface area (Å²) < 4.78 is 5.80. The van der Waals surface area contributed by atoms with Crippen LogP contribution >= 0.6 is 11.6 Å². The third-order valence-electron chi connectivity index (χ3n) is 2.63. The number of hydrogen-bond acceptors (Lipinski definition) is 2. The molecule has 1 aliphatic heterocycles. The number of nitrogens with one attached hydrogen (secondary N) is 1. The van der Waals surface area contributed by atoms with Crippen molar-refractivity contribution in [3.8, 4) is 0 Å². The summed E-state index contributed by atoms with van der Waals surface area (Å²) in [6.07, 6.45) is 2.73. The van der Waals surface area contributed by atoms with Crippen molar-refractivity contribution in [3.05, 3.63) is 34.9 Å². The quantitative estimate of drug-likeness (QED) is 0.854. The van der Waals surface area contributed by atoms with Gasteiger partial charge in [-0.1, -0.05) is 23.7 Å². The average molecular weight is 226 g/mol. The Kier molecular flexibility index (Phi) is 4.01. The van der Waals surface area contributed by atoms with Crippen LogP contribution in [0.15, 0.2) is 24.3 Å². The summed E-state index contributed by atoms with van der Waals surface area (Å²) in [6, 6.07) is 7.84. The van der Waals surface area contributed by atoms with E-state index in [1.807, 2.05) is 24.3 Å². The van der Waals surface area contributed by atoms with E-state index in [4.69, 9.17) is 16.3 Å². The van der Waals surface area contributed by atoms with E-state index in [0.717, 1.165) is 30.1 Å². The van der Waals surface area contributed by atoms with Crippen LogP contribution in [0.5, 0.6) is 0 Å². The van der Waals surface area contributed by atoms with Crippen molar-refractivity contribution in [2.24, 2.45) is 0 Å². The molecular weight excluding hydrogens is 210 g/mol. The van der Waals surface area contributed by atoms with Crippen molar-refractivity contribution in [2.75, 3.05) is 13.1 Å². The molecule has 2 rings (SSSR count). The zero-order valence-corrected chi connectivity index (χ0v) is 9.46. The molecule has 15 heavy (non-hydrogen) atoms. The molecule has 0 bridgehead atoms. The lowest BCUT2D eigenvalue weighted by molar-refractivity contribution is 0.0253. The minimum Gasteiger partial charge on any atom is -0.372 e. The predicted molar refractivity (Wildman–Crippen MR) is 62.1 cm³/mol. The van der Waals surface area contributed by atoms with Gasteiger partial charge < -0.3 is 10.1 Å². The minimum absolute atomic E-state index is 0.359. The number of benzene rings is 1. The zero-order valence-electron chi connectivity index (χ0n) is 8.71. The third kappa shape index (κ3) is 3.49. The van der Waals surface area contributed by atoms with E-state index >= 15 is 0 Å². The summed E-state index contributed by atoms with van der Waals surface area (Å²) in [4.78, 5) is 0. The van der Waals surface area contributed by atoms with Crippen LogP contribution in [-0.4, -0.2) is 19.2 Å². The van der Waals surface area contributed by atoms with Crippen molar-refractivity contribution in [1.82, 2.24) is 5.32 Å². The zero-order chi connectivity index (χ0) is 10.5. The predicted octanol–water partition coefficient (Wildman–Crippen LogP) is 2.61. The highest BCUT2D eigenvalue weighted by molar-refractivity contribution is 6.30. The van der Waals surface area contributed by atoms with Crippen molar-refractivity contribution in [3.63, 3.8) is 0 Å². The standard InChI is InChI=1S/C12H16ClNO/c13-11-4-1-3-10(7-11)9-15-12-5-2-6-14-8-12/h1,3-4,7,12,14H,2,5-6,8-9H2/t12-/m0/s1. The molecule has 0 amide bonds. The molecule has 3 heteroatoms. The Bertz CT molecular complexity index is 310. The molecule has 1 fully saturated rings. The summed E-state index contributed by atoms with van der Waals surface area (Å²) in [6.45, 7) is 2.75. The molecular formula is C12H16ClNO. The van der Waals surface area contributed by atoms with Gasteiger partial charge in [-0.25, -0.2) is 0 Å². The van der Waals surface area contributed by atoms with Crippen LogP contribution in [0.25, 0.3) is 0 Å². The SMILES string of the molecule is Clc1cccc(CO[C@H]2CCCNC2)c1. The summed E-state index contributed by atoms with van der Waals surface area (Å²) in [5.41, 5.74) is 1.15. The van der Waals surface area contributed by atoms with E-state index < -0.39 is 0 Å². The normalized spacial score (nSPS) is 21.5. The summed E-state index contributed by atoms with van der Waals surface area (Å²) in [7, 11) is 0. The van der Waals surface area contributed by atoms with Crippen LogP contribution < -0.4 is 5.32 Å². The molecule has 0 radical (unpaired) electrons. The highest BCUT2D eigenvalue weighted by Crippen LogP contribution is 2.14. The van der Waals surface area contributed by atoms with Gasteiger partial charge in [0.2, 0.25) is 0 Å². The van der Waals surface area contributed by atoms with Gasteiger partial charge in [-0.3, -0.25) is 0 Å². The van der Waals surface area contributed by atoms with Crippen LogP contribution in [0.3, 0.4) is 0 Å². The van der Waals surface area contributed by atoms with Crippen LogP contribution in [0.4, 0.5) is 0 Å². The molecule has 1 aromatic rings. The topological polar surface area (TPSA) is 21.3 Å². The highest BCUT2D eigenvalue weighted by Gasteiger charge is 2.12. The highest BCUT2D eigenvalue weighted by atomic mass is 35.5. The number of piperidine rings is 1. The van der Waals surface area contributed by atoms with Crippen LogP contribution in [-0.2, 0) is 11.3 Å². The van der Waals surface area contributed by atoms with Crippen molar-refractivity contribution in [2.45, 2.75) is 25.6 Å². The van der Waals surface area contributed by atoms with Gasteiger partial charge in [0.25, 0.3) is 0 Å². The van der Waals surface area contributed by atoms with Crippen LogP contribution in [0.2, 0.25) is 5.02 Å². The minimum atomic E-state index is 0.359. The van der Waals surface area contributed by atoms with Gasteiger partial charge in [-0.2, -0.15) is 0 Å².